The smallest absolute Gasteiger partial charge is 0.0941 e. The fourth-order valence-electron chi connectivity index (χ4n) is 1.05. The first kappa shape index (κ1) is 10.2. The fraction of sp³-hybridized carbons (Fsp3) is 1.00. The molecule has 1 aliphatic rings. The van der Waals surface area contributed by atoms with E-state index in [9.17, 15) is 0 Å². The molecule has 0 bridgehead atoms. The molecular formula is C6H14ClNO2. The summed E-state index contributed by atoms with van der Waals surface area (Å²) in [4.78, 5) is 4.46. The van der Waals surface area contributed by atoms with Crippen molar-refractivity contribution in [2.24, 2.45) is 5.90 Å². The van der Waals surface area contributed by atoms with Crippen LogP contribution in [0.5, 0.6) is 0 Å². The third-order valence-electron chi connectivity index (χ3n) is 1.56. The average molecular weight is 168 g/mol. The topological polar surface area (TPSA) is 44.5 Å². The number of rotatable bonds is 2. The third kappa shape index (κ3) is 3.37. The molecule has 0 aromatic rings. The third-order valence-corrected chi connectivity index (χ3v) is 1.56. The van der Waals surface area contributed by atoms with Crippen molar-refractivity contribution in [1.82, 2.24) is 0 Å². The van der Waals surface area contributed by atoms with Gasteiger partial charge in [-0.2, -0.15) is 0 Å². The van der Waals surface area contributed by atoms with E-state index in [1.807, 2.05) is 0 Å². The van der Waals surface area contributed by atoms with Crippen LogP contribution in [0.3, 0.4) is 0 Å². The summed E-state index contributed by atoms with van der Waals surface area (Å²) in [5, 5.41) is 0. The quantitative estimate of drug-likeness (QED) is 0.621. The van der Waals surface area contributed by atoms with Gasteiger partial charge in [-0.3, -0.25) is 0 Å². The zero-order valence-corrected chi connectivity index (χ0v) is 6.73. The van der Waals surface area contributed by atoms with E-state index in [1.54, 1.807) is 0 Å². The summed E-state index contributed by atoms with van der Waals surface area (Å²) >= 11 is 0. The standard InChI is InChI=1S/C6H13NO2.ClH/c7-9-5-6-3-1-2-4-8-6;/h6H,1-5,7H2;1H. The maximum Gasteiger partial charge on any atom is 0.0941 e. The molecule has 0 amide bonds. The maximum absolute atomic E-state index is 5.31. The Hall–Kier alpha value is 0.170. The monoisotopic (exact) mass is 167 g/mol. The summed E-state index contributed by atoms with van der Waals surface area (Å²) in [7, 11) is 0. The lowest BCUT2D eigenvalue weighted by molar-refractivity contribution is -0.0413. The van der Waals surface area contributed by atoms with Crippen LogP contribution < -0.4 is 5.90 Å². The average Bonchev–Trinajstić information content (AvgIpc) is 1.91. The number of halogens is 1. The van der Waals surface area contributed by atoms with Gasteiger partial charge in [0.2, 0.25) is 0 Å². The molecule has 2 N–H and O–H groups in total. The lowest BCUT2D eigenvalue weighted by Crippen LogP contribution is -2.25. The lowest BCUT2D eigenvalue weighted by Gasteiger charge is -2.20. The van der Waals surface area contributed by atoms with Gasteiger partial charge < -0.3 is 9.57 Å². The van der Waals surface area contributed by atoms with Gasteiger partial charge in [0.1, 0.15) is 0 Å². The molecule has 10 heavy (non-hydrogen) atoms. The van der Waals surface area contributed by atoms with E-state index in [0.717, 1.165) is 13.0 Å². The fourth-order valence-corrected chi connectivity index (χ4v) is 1.05. The van der Waals surface area contributed by atoms with Gasteiger partial charge >= 0.3 is 0 Å². The molecule has 3 nitrogen and oxygen atoms in total. The lowest BCUT2D eigenvalue weighted by atomic mass is 10.1. The molecule has 1 saturated heterocycles. The highest BCUT2D eigenvalue weighted by molar-refractivity contribution is 5.85. The van der Waals surface area contributed by atoms with Crippen LogP contribution in [0.4, 0.5) is 0 Å². The van der Waals surface area contributed by atoms with Crippen LogP contribution in [0, 0.1) is 0 Å². The van der Waals surface area contributed by atoms with Gasteiger partial charge in [0, 0.05) is 6.61 Å². The van der Waals surface area contributed by atoms with Crippen molar-refractivity contribution in [1.29, 1.82) is 0 Å². The Bertz CT molecular complexity index is 73.4. The van der Waals surface area contributed by atoms with Crippen LogP contribution in [0.25, 0.3) is 0 Å². The Morgan fingerprint density at radius 3 is 2.80 bits per heavy atom. The van der Waals surface area contributed by atoms with Crippen LogP contribution in [-0.4, -0.2) is 19.3 Å². The van der Waals surface area contributed by atoms with Crippen LogP contribution >= 0.6 is 12.4 Å². The van der Waals surface area contributed by atoms with Crippen LogP contribution in [0.15, 0.2) is 0 Å². The second-order valence-electron chi connectivity index (χ2n) is 2.32. The molecule has 0 aromatic heterocycles. The second-order valence-corrected chi connectivity index (χ2v) is 2.32. The van der Waals surface area contributed by atoms with Gasteiger partial charge in [0.05, 0.1) is 12.7 Å². The summed E-state index contributed by atoms with van der Waals surface area (Å²) in [5.74, 6) is 4.88. The van der Waals surface area contributed by atoms with E-state index in [2.05, 4.69) is 4.84 Å². The predicted octanol–water partition coefficient (Wildman–Crippen LogP) is 0.868. The highest BCUT2D eigenvalue weighted by atomic mass is 35.5. The molecule has 62 valence electrons. The van der Waals surface area contributed by atoms with Crippen molar-refractivity contribution in [2.75, 3.05) is 13.2 Å². The zero-order chi connectivity index (χ0) is 6.53. The minimum Gasteiger partial charge on any atom is -0.376 e. The Morgan fingerprint density at radius 2 is 2.30 bits per heavy atom. The van der Waals surface area contributed by atoms with Crippen LogP contribution in [0.2, 0.25) is 0 Å². The Balaban J connectivity index is 0.000000810. The van der Waals surface area contributed by atoms with E-state index in [0.29, 0.717) is 6.61 Å². The molecule has 0 aliphatic carbocycles. The maximum atomic E-state index is 5.31. The number of hydrogen-bond donors (Lipinski definition) is 1. The Labute approximate surface area is 67.2 Å². The van der Waals surface area contributed by atoms with Crippen molar-refractivity contribution in [3.63, 3.8) is 0 Å². The van der Waals surface area contributed by atoms with E-state index < -0.39 is 0 Å². The van der Waals surface area contributed by atoms with Crippen molar-refractivity contribution >= 4 is 12.4 Å². The van der Waals surface area contributed by atoms with E-state index >= 15 is 0 Å². The molecule has 1 aliphatic heterocycles. The molecular weight excluding hydrogens is 154 g/mol. The summed E-state index contributed by atoms with van der Waals surface area (Å²) in [5.41, 5.74) is 0. The van der Waals surface area contributed by atoms with Gasteiger partial charge in [-0.15, -0.1) is 12.4 Å². The Morgan fingerprint density at radius 1 is 1.50 bits per heavy atom. The van der Waals surface area contributed by atoms with Gasteiger partial charge in [-0.25, -0.2) is 5.90 Å². The summed E-state index contributed by atoms with van der Waals surface area (Å²) in [6, 6.07) is 0. The largest absolute Gasteiger partial charge is 0.376 e. The first-order valence-corrected chi connectivity index (χ1v) is 3.37. The summed E-state index contributed by atoms with van der Waals surface area (Å²) in [6.45, 7) is 1.41. The van der Waals surface area contributed by atoms with Crippen molar-refractivity contribution in [3.05, 3.63) is 0 Å². The molecule has 1 fully saturated rings. The summed E-state index contributed by atoms with van der Waals surface area (Å²) in [6.07, 6.45) is 3.77. The highest BCUT2D eigenvalue weighted by Gasteiger charge is 2.12. The minimum absolute atomic E-state index is 0. The second kappa shape index (κ2) is 5.92. The first-order valence-electron chi connectivity index (χ1n) is 3.37. The highest BCUT2D eigenvalue weighted by Crippen LogP contribution is 2.11. The SMILES string of the molecule is Cl.NOCC1CCCCO1. The molecule has 4 heteroatoms. The number of ether oxygens (including phenoxy) is 1. The summed E-state index contributed by atoms with van der Waals surface area (Å²) < 4.78 is 5.31. The molecule has 0 radical (unpaired) electrons. The van der Waals surface area contributed by atoms with Gasteiger partial charge in [-0.1, -0.05) is 0 Å². The minimum atomic E-state index is 0. The molecule has 1 rings (SSSR count). The van der Waals surface area contributed by atoms with Crippen LogP contribution in [0.1, 0.15) is 19.3 Å². The molecule has 1 atom stereocenters. The normalized spacial score (nSPS) is 25.5. The van der Waals surface area contributed by atoms with Crippen LogP contribution in [-0.2, 0) is 9.57 Å². The van der Waals surface area contributed by atoms with Gasteiger partial charge in [0.15, 0.2) is 0 Å². The van der Waals surface area contributed by atoms with E-state index in [1.165, 1.54) is 12.8 Å². The van der Waals surface area contributed by atoms with Gasteiger partial charge in [0.25, 0.3) is 0 Å². The molecule has 0 saturated carbocycles. The predicted molar refractivity (Wildman–Crippen MR) is 41.0 cm³/mol. The molecule has 0 aromatic carbocycles. The molecule has 1 unspecified atom stereocenters. The van der Waals surface area contributed by atoms with E-state index in [4.69, 9.17) is 10.6 Å². The van der Waals surface area contributed by atoms with Crippen molar-refractivity contribution in [3.8, 4) is 0 Å². The first-order chi connectivity index (χ1) is 4.43. The molecule has 1 heterocycles. The zero-order valence-electron chi connectivity index (χ0n) is 5.91. The number of hydrogen-bond acceptors (Lipinski definition) is 3. The van der Waals surface area contributed by atoms with Crippen molar-refractivity contribution < 1.29 is 9.57 Å². The van der Waals surface area contributed by atoms with Crippen molar-refractivity contribution in [2.45, 2.75) is 25.4 Å². The number of nitrogens with two attached hydrogens (primary N) is 1. The van der Waals surface area contributed by atoms with E-state index in [-0.39, 0.29) is 18.5 Å². The van der Waals surface area contributed by atoms with Gasteiger partial charge in [-0.05, 0) is 19.3 Å². The molecule has 0 spiro atoms. The Kier molecular flexibility index (Phi) is 6.02.